The van der Waals surface area contributed by atoms with Crippen molar-refractivity contribution in [1.29, 1.82) is 0 Å². The molecule has 0 radical (unpaired) electrons. The van der Waals surface area contributed by atoms with Crippen molar-refractivity contribution in [3.63, 3.8) is 0 Å². The number of ether oxygens (including phenoxy) is 1. The summed E-state index contributed by atoms with van der Waals surface area (Å²) in [6.07, 6.45) is 7.82. The van der Waals surface area contributed by atoms with Crippen LogP contribution in [0.5, 0.6) is 0 Å². The zero-order chi connectivity index (χ0) is 18.1. The van der Waals surface area contributed by atoms with Crippen molar-refractivity contribution in [3.8, 4) is 0 Å². The molecular weight excluding hydrogens is 404 g/mol. The van der Waals surface area contributed by atoms with Gasteiger partial charge in [-0.1, -0.05) is 12.8 Å². The number of nitrogens with two attached hydrogens (primary N) is 1. The van der Waals surface area contributed by atoms with E-state index in [9.17, 15) is 4.79 Å². The van der Waals surface area contributed by atoms with Crippen LogP contribution in [0.15, 0.2) is 16.6 Å². The van der Waals surface area contributed by atoms with Crippen molar-refractivity contribution < 1.29 is 9.53 Å². The fourth-order valence-corrected chi connectivity index (χ4v) is 3.77. The predicted molar refractivity (Wildman–Crippen MR) is 107 cm³/mol. The molecule has 0 spiro atoms. The monoisotopic (exact) mass is 430 g/mol. The smallest absolute Gasteiger partial charge is 0.338 e. The van der Waals surface area contributed by atoms with Crippen molar-refractivity contribution in [2.45, 2.75) is 51.5 Å². The minimum Gasteiger partial charge on any atom is -0.462 e. The Morgan fingerprint density at radius 1 is 1.16 bits per heavy atom. The van der Waals surface area contributed by atoms with E-state index in [1.54, 1.807) is 6.07 Å². The first-order chi connectivity index (χ1) is 12.1. The molecule has 1 fully saturated rings. The van der Waals surface area contributed by atoms with E-state index in [0.717, 1.165) is 48.9 Å². The van der Waals surface area contributed by atoms with E-state index in [-0.39, 0.29) is 5.97 Å². The van der Waals surface area contributed by atoms with E-state index in [4.69, 9.17) is 22.1 Å². The quantitative estimate of drug-likeness (QED) is 0.273. The van der Waals surface area contributed by atoms with E-state index in [1.807, 2.05) is 6.07 Å². The molecule has 0 aliphatic carbocycles. The normalized spacial score (nSPS) is 15.8. The summed E-state index contributed by atoms with van der Waals surface area (Å²) in [5.41, 5.74) is 8.49. The third-order valence-electron chi connectivity index (χ3n) is 4.55. The van der Waals surface area contributed by atoms with Gasteiger partial charge in [-0.2, -0.15) is 0 Å². The standard InChI is InChI=1S/C19H28BrClN2O2/c20-17-13-15(19(24)25-11-7-3-4-8-21)12-16(18(17)22)14-23-9-5-1-2-6-10-23/h12-13H,1-11,14,22H2. The molecule has 0 saturated carbocycles. The van der Waals surface area contributed by atoms with Crippen LogP contribution in [0.1, 0.15) is 60.9 Å². The van der Waals surface area contributed by atoms with Crippen LogP contribution in [-0.2, 0) is 11.3 Å². The molecule has 0 unspecified atom stereocenters. The molecule has 2 rings (SSSR count). The predicted octanol–water partition coefficient (Wildman–Crippen LogP) is 4.97. The van der Waals surface area contributed by atoms with Gasteiger partial charge in [0, 0.05) is 16.9 Å². The third kappa shape index (κ3) is 6.80. The number of anilines is 1. The lowest BCUT2D eigenvalue weighted by molar-refractivity contribution is 0.0498. The number of halogens is 2. The molecule has 1 aromatic rings. The first-order valence-electron chi connectivity index (χ1n) is 9.15. The van der Waals surface area contributed by atoms with E-state index in [1.165, 1.54) is 25.7 Å². The van der Waals surface area contributed by atoms with Crippen LogP contribution in [-0.4, -0.2) is 36.4 Å². The molecule has 1 aliphatic rings. The highest BCUT2D eigenvalue weighted by Gasteiger charge is 2.16. The van der Waals surface area contributed by atoms with Crippen LogP contribution >= 0.6 is 27.5 Å². The van der Waals surface area contributed by atoms with Crippen LogP contribution in [0.25, 0.3) is 0 Å². The van der Waals surface area contributed by atoms with E-state index >= 15 is 0 Å². The summed E-state index contributed by atoms with van der Waals surface area (Å²) in [6, 6.07) is 3.63. The number of carbonyl (C=O) groups excluding carboxylic acids is 1. The van der Waals surface area contributed by atoms with Crippen LogP contribution in [0.2, 0.25) is 0 Å². The van der Waals surface area contributed by atoms with E-state index in [0.29, 0.717) is 23.7 Å². The average Bonchev–Trinajstić information content (AvgIpc) is 2.87. The Kier molecular flexibility index (Phi) is 9.07. The van der Waals surface area contributed by atoms with E-state index < -0.39 is 0 Å². The van der Waals surface area contributed by atoms with Crippen molar-refractivity contribution in [2.24, 2.45) is 0 Å². The molecule has 0 aromatic heterocycles. The maximum absolute atomic E-state index is 12.3. The fraction of sp³-hybridized carbons (Fsp3) is 0.632. The highest BCUT2D eigenvalue weighted by Crippen LogP contribution is 2.28. The number of unbranched alkanes of at least 4 members (excludes halogenated alkanes) is 2. The van der Waals surface area contributed by atoms with Gasteiger partial charge in [0.15, 0.2) is 0 Å². The largest absolute Gasteiger partial charge is 0.462 e. The molecule has 0 atom stereocenters. The minimum absolute atomic E-state index is 0.288. The highest BCUT2D eigenvalue weighted by atomic mass is 79.9. The Balaban J connectivity index is 1.99. The van der Waals surface area contributed by atoms with Crippen LogP contribution in [0.4, 0.5) is 5.69 Å². The van der Waals surface area contributed by atoms with Crippen molar-refractivity contribution >= 4 is 39.2 Å². The van der Waals surface area contributed by atoms with Gasteiger partial charge in [0.1, 0.15) is 0 Å². The Morgan fingerprint density at radius 3 is 2.56 bits per heavy atom. The molecule has 1 saturated heterocycles. The summed E-state index contributed by atoms with van der Waals surface area (Å²) in [7, 11) is 0. The number of carbonyl (C=O) groups is 1. The topological polar surface area (TPSA) is 55.6 Å². The Morgan fingerprint density at radius 2 is 1.88 bits per heavy atom. The van der Waals surface area contributed by atoms with Crippen molar-refractivity contribution in [1.82, 2.24) is 4.90 Å². The molecule has 1 heterocycles. The number of hydrogen-bond donors (Lipinski definition) is 1. The van der Waals surface area contributed by atoms with Gasteiger partial charge < -0.3 is 10.5 Å². The molecule has 2 N–H and O–H groups in total. The molecule has 140 valence electrons. The fourth-order valence-electron chi connectivity index (χ4n) is 3.08. The molecule has 0 bridgehead atoms. The van der Waals surface area contributed by atoms with Crippen LogP contribution in [0.3, 0.4) is 0 Å². The van der Waals surface area contributed by atoms with Gasteiger partial charge in [-0.3, -0.25) is 4.90 Å². The van der Waals surface area contributed by atoms with Gasteiger partial charge in [-0.25, -0.2) is 4.79 Å². The van der Waals surface area contributed by atoms with Gasteiger partial charge in [0.25, 0.3) is 0 Å². The van der Waals surface area contributed by atoms with E-state index in [2.05, 4.69) is 20.8 Å². The molecule has 4 nitrogen and oxygen atoms in total. The maximum atomic E-state index is 12.3. The average molecular weight is 432 g/mol. The second-order valence-corrected chi connectivity index (χ2v) is 7.84. The maximum Gasteiger partial charge on any atom is 0.338 e. The molecule has 1 aromatic carbocycles. The summed E-state index contributed by atoms with van der Waals surface area (Å²) >= 11 is 9.13. The number of likely N-dealkylation sites (tertiary alicyclic amines) is 1. The number of esters is 1. The summed E-state index contributed by atoms with van der Waals surface area (Å²) < 4.78 is 6.14. The minimum atomic E-state index is -0.288. The first kappa shape index (κ1) is 20.5. The molecule has 6 heteroatoms. The summed E-state index contributed by atoms with van der Waals surface area (Å²) in [5, 5.41) is 0. The number of nitrogens with zero attached hydrogens (tertiary/aromatic N) is 1. The van der Waals surface area contributed by atoms with Crippen LogP contribution in [0, 0.1) is 0 Å². The van der Waals surface area contributed by atoms with Gasteiger partial charge in [0.2, 0.25) is 0 Å². The summed E-state index contributed by atoms with van der Waals surface area (Å²) in [4.78, 5) is 14.7. The second-order valence-electron chi connectivity index (χ2n) is 6.61. The van der Waals surface area contributed by atoms with Gasteiger partial charge >= 0.3 is 5.97 Å². The van der Waals surface area contributed by atoms with Gasteiger partial charge in [-0.05, 0) is 78.8 Å². The number of hydrogen-bond acceptors (Lipinski definition) is 4. The molecular formula is C19H28BrClN2O2. The number of alkyl halides is 1. The van der Waals surface area contributed by atoms with Crippen molar-refractivity contribution in [3.05, 3.63) is 27.7 Å². The van der Waals surface area contributed by atoms with Gasteiger partial charge in [0.05, 0.1) is 17.9 Å². The Hall–Kier alpha value is -0.780. The summed E-state index contributed by atoms with van der Waals surface area (Å²) in [5.74, 6) is 0.363. The summed E-state index contributed by atoms with van der Waals surface area (Å²) in [6.45, 7) is 3.39. The zero-order valence-electron chi connectivity index (χ0n) is 14.7. The van der Waals surface area contributed by atoms with Crippen LogP contribution < -0.4 is 5.73 Å². The number of benzene rings is 1. The SMILES string of the molecule is Nc1c(Br)cc(C(=O)OCCCCCCl)cc1CN1CCCCCC1. The molecule has 1 aliphatic heterocycles. The zero-order valence-corrected chi connectivity index (χ0v) is 17.1. The second kappa shape index (κ2) is 11.0. The Labute approximate surface area is 164 Å². The third-order valence-corrected chi connectivity index (χ3v) is 5.48. The first-order valence-corrected chi connectivity index (χ1v) is 10.5. The van der Waals surface area contributed by atoms with Gasteiger partial charge in [-0.15, -0.1) is 11.6 Å². The Bertz CT molecular complexity index is 561. The lowest BCUT2D eigenvalue weighted by atomic mass is 10.1. The molecule has 25 heavy (non-hydrogen) atoms. The highest BCUT2D eigenvalue weighted by molar-refractivity contribution is 9.10. The van der Waals surface area contributed by atoms with Crippen molar-refractivity contribution in [2.75, 3.05) is 31.3 Å². The molecule has 0 amide bonds. The lowest BCUT2D eigenvalue weighted by Crippen LogP contribution is -2.24. The lowest BCUT2D eigenvalue weighted by Gasteiger charge is -2.21. The number of nitrogen functional groups attached to an aromatic ring is 1. The number of rotatable bonds is 8.